The Balaban J connectivity index is 1.80. The summed E-state index contributed by atoms with van der Waals surface area (Å²) in [5.74, 6) is 1.30. The van der Waals surface area contributed by atoms with Gasteiger partial charge in [-0.05, 0) is 29.8 Å². The summed E-state index contributed by atoms with van der Waals surface area (Å²) in [7, 11) is 1.62. The van der Waals surface area contributed by atoms with Crippen LogP contribution in [0.25, 0.3) is 0 Å². The first-order chi connectivity index (χ1) is 10.3. The van der Waals surface area contributed by atoms with Crippen LogP contribution in [0.2, 0.25) is 0 Å². The lowest BCUT2D eigenvalue weighted by molar-refractivity contribution is -0.118. The van der Waals surface area contributed by atoms with Gasteiger partial charge in [0.05, 0.1) is 20.1 Å². The fourth-order valence-electron chi connectivity index (χ4n) is 2.36. The molecule has 0 saturated heterocycles. The average molecular weight is 284 g/mol. The number of amides is 1. The van der Waals surface area contributed by atoms with Gasteiger partial charge in [-0.15, -0.1) is 0 Å². The van der Waals surface area contributed by atoms with Crippen molar-refractivity contribution in [2.24, 2.45) is 0 Å². The molecule has 1 aliphatic heterocycles. The number of anilines is 1. The fraction of sp³-hybridized carbons (Fsp3) is 0.250. The Morgan fingerprint density at radius 3 is 3.14 bits per heavy atom. The SMILES string of the molecule is COc1cccc(CC(=O)N2CCOc3ncccc32)c1. The zero-order valence-electron chi connectivity index (χ0n) is 11.8. The summed E-state index contributed by atoms with van der Waals surface area (Å²) in [5, 5.41) is 0. The maximum atomic E-state index is 12.5. The first kappa shape index (κ1) is 13.4. The largest absolute Gasteiger partial charge is 0.497 e. The van der Waals surface area contributed by atoms with E-state index in [0.717, 1.165) is 17.0 Å². The number of fused-ring (bicyclic) bond motifs is 1. The van der Waals surface area contributed by atoms with E-state index in [-0.39, 0.29) is 5.91 Å². The normalized spacial score (nSPS) is 13.3. The van der Waals surface area contributed by atoms with Crippen LogP contribution in [0.15, 0.2) is 42.6 Å². The van der Waals surface area contributed by atoms with E-state index < -0.39 is 0 Å². The minimum absolute atomic E-state index is 0.0285. The molecule has 0 radical (unpaired) electrons. The van der Waals surface area contributed by atoms with Crippen molar-refractivity contribution in [1.29, 1.82) is 0 Å². The van der Waals surface area contributed by atoms with E-state index in [2.05, 4.69) is 4.98 Å². The van der Waals surface area contributed by atoms with Crippen LogP contribution in [-0.2, 0) is 11.2 Å². The number of hydrogen-bond acceptors (Lipinski definition) is 4. The molecule has 0 bridgehead atoms. The molecule has 3 rings (SSSR count). The van der Waals surface area contributed by atoms with Crippen LogP contribution < -0.4 is 14.4 Å². The van der Waals surface area contributed by atoms with Gasteiger partial charge in [-0.2, -0.15) is 0 Å². The molecule has 108 valence electrons. The molecule has 1 aromatic heterocycles. The molecule has 0 unspecified atom stereocenters. The molecule has 1 aromatic carbocycles. The van der Waals surface area contributed by atoms with Gasteiger partial charge in [0.1, 0.15) is 18.0 Å². The number of hydrogen-bond donors (Lipinski definition) is 0. The summed E-state index contributed by atoms with van der Waals surface area (Å²) in [6, 6.07) is 11.2. The topological polar surface area (TPSA) is 51.7 Å². The summed E-state index contributed by atoms with van der Waals surface area (Å²) >= 11 is 0. The monoisotopic (exact) mass is 284 g/mol. The average Bonchev–Trinajstić information content (AvgIpc) is 2.54. The first-order valence-electron chi connectivity index (χ1n) is 6.79. The Hall–Kier alpha value is -2.56. The molecule has 2 heterocycles. The molecule has 5 nitrogen and oxygen atoms in total. The number of benzene rings is 1. The number of rotatable bonds is 3. The Morgan fingerprint density at radius 1 is 1.38 bits per heavy atom. The molecule has 0 fully saturated rings. The maximum absolute atomic E-state index is 12.5. The van der Waals surface area contributed by atoms with E-state index in [9.17, 15) is 4.79 Å². The van der Waals surface area contributed by atoms with Gasteiger partial charge in [-0.1, -0.05) is 12.1 Å². The van der Waals surface area contributed by atoms with Crippen molar-refractivity contribution in [3.63, 3.8) is 0 Å². The quantitative estimate of drug-likeness (QED) is 0.865. The van der Waals surface area contributed by atoms with Crippen LogP contribution in [0.1, 0.15) is 5.56 Å². The van der Waals surface area contributed by atoms with Gasteiger partial charge < -0.3 is 14.4 Å². The summed E-state index contributed by atoms with van der Waals surface area (Å²) in [6.45, 7) is 1.01. The highest BCUT2D eigenvalue weighted by Gasteiger charge is 2.24. The summed E-state index contributed by atoms with van der Waals surface area (Å²) in [5.41, 5.74) is 1.66. The predicted octanol–water partition coefficient (Wildman–Crippen LogP) is 2.06. The number of aromatic nitrogens is 1. The second-order valence-electron chi connectivity index (χ2n) is 4.75. The Morgan fingerprint density at radius 2 is 2.29 bits per heavy atom. The van der Waals surface area contributed by atoms with E-state index in [4.69, 9.17) is 9.47 Å². The fourth-order valence-corrected chi connectivity index (χ4v) is 2.36. The molecule has 0 aliphatic carbocycles. The number of nitrogens with zero attached hydrogens (tertiary/aromatic N) is 2. The van der Waals surface area contributed by atoms with E-state index >= 15 is 0 Å². The molecule has 1 amide bonds. The highest BCUT2D eigenvalue weighted by molar-refractivity contribution is 5.96. The Labute approximate surface area is 123 Å². The molecule has 5 heteroatoms. The van der Waals surface area contributed by atoms with Gasteiger partial charge >= 0.3 is 0 Å². The molecule has 0 N–H and O–H groups in total. The number of carbonyl (C=O) groups is 1. The van der Waals surface area contributed by atoms with Gasteiger partial charge in [0.2, 0.25) is 11.8 Å². The standard InChI is InChI=1S/C16H16N2O3/c1-20-13-5-2-4-12(10-13)11-15(19)18-8-9-21-16-14(18)6-3-7-17-16/h2-7,10H,8-9,11H2,1H3. The van der Waals surface area contributed by atoms with Crippen molar-refractivity contribution >= 4 is 11.6 Å². The summed E-state index contributed by atoms with van der Waals surface area (Å²) < 4.78 is 10.6. The lowest BCUT2D eigenvalue weighted by atomic mass is 10.1. The van der Waals surface area contributed by atoms with Gasteiger partial charge in [-0.3, -0.25) is 4.79 Å². The highest BCUT2D eigenvalue weighted by atomic mass is 16.5. The van der Waals surface area contributed by atoms with Gasteiger partial charge in [0.25, 0.3) is 0 Å². The Bertz CT molecular complexity index is 657. The van der Waals surface area contributed by atoms with Crippen LogP contribution in [0.3, 0.4) is 0 Å². The van der Waals surface area contributed by atoms with Crippen molar-refractivity contribution in [3.05, 3.63) is 48.2 Å². The number of ether oxygens (including phenoxy) is 2. The molecule has 0 spiro atoms. The lowest BCUT2D eigenvalue weighted by Crippen LogP contribution is -2.39. The molecular formula is C16H16N2O3. The third-order valence-corrected chi connectivity index (χ3v) is 3.39. The van der Waals surface area contributed by atoms with Crippen molar-refractivity contribution in [1.82, 2.24) is 4.98 Å². The summed E-state index contributed by atoms with van der Waals surface area (Å²) in [6.07, 6.45) is 1.99. The number of carbonyl (C=O) groups excluding carboxylic acids is 1. The van der Waals surface area contributed by atoms with Gasteiger partial charge in [0, 0.05) is 6.20 Å². The Kier molecular flexibility index (Phi) is 3.73. The second-order valence-corrected chi connectivity index (χ2v) is 4.75. The smallest absolute Gasteiger partial charge is 0.238 e. The van der Waals surface area contributed by atoms with Crippen molar-refractivity contribution in [2.45, 2.75) is 6.42 Å². The highest BCUT2D eigenvalue weighted by Crippen LogP contribution is 2.29. The van der Waals surface area contributed by atoms with Crippen molar-refractivity contribution in [2.75, 3.05) is 25.2 Å². The first-order valence-corrected chi connectivity index (χ1v) is 6.79. The molecule has 2 aromatic rings. The zero-order chi connectivity index (χ0) is 14.7. The predicted molar refractivity (Wildman–Crippen MR) is 78.8 cm³/mol. The van der Waals surface area contributed by atoms with Gasteiger partial charge in [0.15, 0.2) is 0 Å². The van der Waals surface area contributed by atoms with E-state index in [1.165, 1.54) is 0 Å². The lowest BCUT2D eigenvalue weighted by Gasteiger charge is -2.28. The molecule has 0 saturated carbocycles. The van der Waals surface area contributed by atoms with E-state index in [1.54, 1.807) is 24.3 Å². The number of methoxy groups -OCH3 is 1. The molecule has 0 atom stereocenters. The van der Waals surface area contributed by atoms with Crippen LogP contribution in [0.5, 0.6) is 11.6 Å². The maximum Gasteiger partial charge on any atom is 0.238 e. The van der Waals surface area contributed by atoms with Crippen LogP contribution in [-0.4, -0.2) is 31.2 Å². The third-order valence-electron chi connectivity index (χ3n) is 3.39. The third kappa shape index (κ3) is 2.81. The summed E-state index contributed by atoms with van der Waals surface area (Å²) in [4.78, 5) is 18.4. The van der Waals surface area contributed by atoms with Crippen LogP contribution in [0.4, 0.5) is 5.69 Å². The van der Waals surface area contributed by atoms with E-state index in [1.807, 2.05) is 30.3 Å². The second kappa shape index (κ2) is 5.83. The zero-order valence-corrected chi connectivity index (χ0v) is 11.8. The minimum atomic E-state index is 0.0285. The van der Waals surface area contributed by atoms with Crippen LogP contribution >= 0.6 is 0 Å². The van der Waals surface area contributed by atoms with Crippen molar-refractivity contribution in [3.8, 4) is 11.6 Å². The van der Waals surface area contributed by atoms with E-state index in [0.29, 0.717) is 25.5 Å². The molecular weight excluding hydrogens is 268 g/mol. The molecule has 21 heavy (non-hydrogen) atoms. The minimum Gasteiger partial charge on any atom is -0.497 e. The van der Waals surface area contributed by atoms with Crippen LogP contribution in [0, 0.1) is 0 Å². The van der Waals surface area contributed by atoms with Gasteiger partial charge in [-0.25, -0.2) is 4.98 Å². The van der Waals surface area contributed by atoms with Crippen molar-refractivity contribution < 1.29 is 14.3 Å². The molecule has 1 aliphatic rings. The number of pyridine rings is 1.